The molecule has 2 N–H and O–H groups in total. The van der Waals surface area contributed by atoms with E-state index in [-0.39, 0.29) is 5.56 Å². The van der Waals surface area contributed by atoms with E-state index >= 15 is 0 Å². The highest BCUT2D eigenvalue weighted by atomic mass is 19.1. The van der Waals surface area contributed by atoms with Crippen LogP contribution in [0.2, 0.25) is 0 Å². The van der Waals surface area contributed by atoms with Gasteiger partial charge in [-0.2, -0.15) is 0 Å². The molecule has 78 valence electrons. The number of halogens is 1. The highest BCUT2D eigenvalue weighted by molar-refractivity contribution is 6.07. The van der Waals surface area contributed by atoms with Crippen LogP contribution in [0, 0.1) is 5.82 Å². The predicted molar refractivity (Wildman–Crippen MR) is 49.1 cm³/mol. The zero-order valence-corrected chi connectivity index (χ0v) is 7.48. The van der Waals surface area contributed by atoms with E-state index in [4.69, 9.17) is 10.2 Å². The Kier molecular flexibility index (Phi) is 3.17. The number of carbonyl (C=O) groups is 2. The van der Waals surface area contributed by atoms with E-state index in [1.54, 1.807) is 0 Å². The summed E-state index contributed by atoms with van der Waals surface area (Å²) in [5, 5.41) is 17.1. The van der Waals surface area contributed by atoms with Crippen molar-refractivity contribution in [3.8, 4) is 0 Å². The van der Waals surface area contributed by atoms with Gasteiger partial charge in [0.2, 0.25) is 5.76 Å². The lowest BCUT2D eigenvalue weighted by molar-refractivity contribution is -0.135. The Labute approximate surface area is 84.3 Å². The molecule has 0 aromatic heterocycles. The average Bonchev–Trinajstić information content (AvgIpc) is 2.17. The molecule has 1 aromatic rings. The van der Waals surface area contributed by atoms with Crippen molar-refractivity contribution in [3.05, 3.63) is 47.5 Å². The van der Waals surface area contributed by atoms with Gasteiger partial charge in [-0.25, -0.2) is 9.18 Å². The van der Waals surface area contributed by atoms with Crippen LogP contribution in [0.3, 0.4) is 0 Å². The van der Waals surface area contributed by atoms with Gasteiger partial charge in [-0.3, -0.25) is 4.79 Å². The van der Waals surface area contributed by atoms with Crippen molar-refractivity contribution in [2.45, 2.75) is 0 Å². The number of carboxylic acid groups (broad SMARTS) is 1. The summed E-state index contributed by atoms with van der Waals surface area (Å²) in [7, 11) is 0. The third-order valence-corrected chi connectivity index (χ3v) is 1.60. The topological polar surface area (TPSA) is 74.6 Å². The molecule has 0 unspecified atom stereocenters. The number of carboxylic acids is 1. The second kappa shape index (κ2) is 4.36. The summed E-state index contributed by atoms with van der Waals surface area (Å²) in [6, 6.07) is 4.73. The van der Waals surface area contributed by atoms with Gasteiger partial charge in [-0.15, -0.1) is 0 Å². The number of benzene rings is 1. The molecule has 0 atom stereocenters. The van der Waals surface area contributed by atoms with Crippen LogP contribution in [0.4, 0.5) is 4.39 Å². The molecule has 1 aromatic carbocycles. The van der Waals surface area contributed by atoms with Gasteiger partial charge in [0.1, 0.15) is 5.82 Å². The number of allylic oxidation sites excluding steroid dienone is 1. The van der Waals surface area contributed by atoms with E-state index in [0.717, 1.165) is 12.1 Å². The molecular weight excluding hydrogens is 203 g/mol. The average molecular weight is 210 g/mol. The Balaban J connectivity index is 2.96. The maximum atomic E-state index is 12.7. The lowest BCUT2D eigenvalue weighted by Gasteiger charge is -1.96. The second-order valence-electron chi connectivity index (χ2n) is 2.71. The third kappa shape index (κ3) is 2.91. The molecule has 0 bridgehead atoms. The van der Waals surface area contributed by atoms with E-state index in [1.807, 2.05) is 0 Å². The van der Waals surface area contributed by atoms with Gasteiger partial charge in [0.15, 0.2) is 5.78 Å². The number of hydrogen-bond donors (Lipinski definition) is 2. The smallest absolute Gasteiger partial charge is 0.371 e. The Morgan fingerprint density at radius 1 is 1.27 bits per heavy atom. The van der Waals surface area contributed by atoms with Gasteiger partial charge in [0.25, 0.3) is 0 Å². The Hall–Kier alpha value is -2.17. The first-order valence-corrected chi connectivity index (χ1v) is 3.94. The minimum atomic E-state index is -1.61. The first-order chi connectivity index (χ1) is 7.00. The molecule has 0 fully saturated rings. The fourth-order valence-corrected chi connectivity index (χ4v) is 0.911. The van der Waals surface area contributed by atoms with E-state index in [0.29, 0.717) is 6.08 Å². The minimum absolute atomic E-state index is 0.0252. The van der Waals surface area contributed by atoms with Gasteiger partial charge in [0.05, 0.1) is 0 Å². The Bertz CT molecular complexity index is 437. The van der Waals surface area contributed by atoms with Crippen LogP contribution < -0.4 is 0 Å². The molecule has 0 aliphatic rings. The molecule has 1 rings (SSSR count). The van der Waals surface area contributed by atoms with Crippen molar-refractivity contribution in [2.75, 3.05) is 0 Å². The van der Waals surface area contributed by atoms with E-state index in [2.05, 4.69) is 0 Å². The second-order valence-corrected chi connectivity index (χ2v) is 2.71. The summed E-state index contributed by atoms with van der Waals surface area (Å²) in [5.41, 5.74) is -0.0252. The molecule has 4 nitrogen and oxygen atoms in total. The largest absolute Gasteiger partial charge is 0.502 e. The molecule has 0 amide bonds. The first kappa shape index (κ1) is 10.9. The molecule has 0 radical (unpaired) electrons. The number of rotatable bonds is 3. The summed E-state index contributed by atoms with van der Waals surface area (Å²) in [6.45, 7) is 0. The van der Waals surface area contributed by atoms with Gasteiger partial charge in [-0.05, 0) is 12.1 Å². The normalized spacial score (nSPS) is 11.1. The van der Waals surface area contributed by atoms with Crippen LogP contribution in [-0.2, 0) is 4.79 Å². The number of hydrogen-bond acceptors (Lipinski definition) is 3. The molecule has 0 saturated carbocycles. The maximum absolute atomic E-state index is 12.7. The first-order valence-electron chi connectivity index (χ1n) is 3.94. The summed E-state index contributed by atoms with van der Waals surface area (Å²) in [5.74, 6) is -4.07. The summed E-state index contributed by atoms with van der Waals surface area (Å²) in [6.07, 6.45) is 0.525. The Morgan fingerprint density at radius 3 is 2.47 bits per heavy atom. The number of aliphatic hydroxyl groups excluding tert-OH is 1. The number of aliphatic carboxylic acids is 1. The van der Waals surface area contributed by atoms with Crippen LogP contribution in [0.25, 0.3) is 0 Å². The molecule has 0 saturated heterocycles. The number of carbonyl (C=O) groups excluding carboxylic acids is 1. The fraction of sp³-hybridized carbons (Fsp3) is 0. The molecule has 0 heterocycles. The predicted octanol–water partition coefficient (Wildman–Crippen LogP) is 1.53. The quantitative estimate of drug-likeness (QED) is 0.450. The molecule has 0 aliphatic carbocycles. The molecule has 0 spiro atoms. The van der Waals surface area contributed by atoms with E-state index < -0.39 is 23.3 Å². The molecule has 5 heteroatoms. The number of aliphatic hydroxyl groups is 1. The zero-order chi connectivity index (χ0) is 11.4. The van der Waals surface area contributed by atoms with Crippen molar-refractivity contribution in [1.29, 1.82) is 0 Å². The highest BCUT2D eigenvalue weighted by Gasteiger charge is 2.09. The van der Waals surface area contributed by atoms with E-state index in [1.165, 1.54) is 12.1 Å². The molecule has 15 heavy (non-hydrogen) atoms. The van der Waals surface area contributed by atoms with Crippen molar-refractivity contribution in [2.24, 2.45) is 0 Å². The van der Waals surface area contributed by atoms with Gasteiger partial charge < -0.3 is 10.2 Å². The minimum Gasteiger partial charge on any atom is -0.502 e. The Morgan fingerprint density at radius 2 is 1.93 bits per heavy atom. The highest BCUT2D eigenvalue weighted by Crippen LogP contribution is 2.06. The monoisotopic (exact) mass is 210 g/mol. The summed E-state index contributed by atoms with van der Waals surface area (Å²) >= 11 is 0. The SMILES string of the molecule is O=C(O)/C(O)=C/C(=O)c1cccc(F)c1. The van der Waals surface area contributed by atoms with Crippen LogP contribution in [0.15, 0.2) is 36.1 Å². The lowest BCUT2D eigenvalue weighted by atomic mass is 10.1. The lowest BCUT2D eigenvalue weighted by Crippen LogP contribution is -2.04. The fourth-order valence-electron chi connectivity index (χ4n) is 0.911. The maximum Gasteiger partial charge on any atom is 0.371 e. The molecule has 0 aliphatic heterocycles. The van der Waals surface area contributed by atoms with Crippen LogP contribution in [-0.4, -0.2) is 22.0 Å². The van der Waals surface area contributed by atoms with Crippen molar-refractivity contribution >= 4 is 11.8 Å². The van der Waals surface area contributed by atoms with Gasteiger partial charge in [0, 0.05) is 11.6 Å². The molecular formula is C10H7FO4. The number of ketones is 1. The van der Waals surface area contributed by atoms with Crippen LogP contribution in [0.1, 0.15) is 10.4 Å². The van der Waals surface area contributed by atoms with Crippen LogP contribution >= 0.6 is 0 Å². The summed E-state index contributed by atoms with van der Waals surface area (Å²) in [4.78, 5) is 21.4. The third-order valence-electron chi connectivity index (χ3n) is 1.60. The van der Waals surface area contributed by atoms with Crippen molar-refractivity contribution in [1.82, 2.24) is 0 Å². The van der Waals surface area contributed by atoms with Gasteiger partial charge in [-0.1, -0.05) is 12.1 Å². The van der Waals surface area contributed by atoms with Crippen molar-refractivity contribution < 1.29 is 24.2 Å². The van der Waals surface area contributed by atoms with Crippen molar-refractivity contribution in [3.63, 3.8) is 0 Å². The zero-order valence-electron chi connectivity index (χ0n) is 7.48. The van der Waals surface area contributed by atoms with Gasteiger partial charge >= 0.3 is 5.97 Å². The standard InChI is InChI=1S/C10H7FO4/c11-7-3-1-2-6(4-7)8(12)5-9(13)10(14)15/h1-5,13H,(H,14,15)/b9-5-. The van der Waals surface area contributed by atoms with Crippen LogP contribution in [0.5, 0.6) is 0 Å². The summed E-state index contributed by atoms with van der Waals surface area (Å²) < 4.78 is 12.7. The van der Waals surface area contributed by atoms with E-state index in [9.17, 15) is 14.0 Å².